The van der Waals surface area contributed by atoms with E-state index in [0.717, 1.165) is 12.0 Å². The van der Waals surface area contributed by atoms with Crippen LogP contribution in [0.15, 0.2) is 36.4 Å². The lowest BCUT2D eigenvalue weighted by Crippen LogP contribution is -2.18. The maximum Gasteiger partial charge on any atom is 0.278 e. The molecule has 0 saturated carbocycles. The smallest absolute Gasteiger partial charge is 0.278 e. The van der Waals surface area contributed by atoms with Gasteiger partial charge in [0, 0.05) is 6.07 Å². The molecule has 2 aromatic carbocycles. The third kappa shape index (κ3) is 5.93. The lowest BCUT2D eigenvalue weighted by atomic mass is 9.87. The van der Waals surface area contributed by atoms with Crippen molar-refractivity contribution in [1.29, 1.82) is 0 Å². The molecule has 8 heteroatoms. The molecule has 0 fully saturated rings. The molecule has 1 amide bonds. The van der Waals surface area contributed by atoms with Crippen LogP contribution in [0.1, 0.15) is 62.8 Å². The SMILES string of the molecule is CCC(C)COc1ccc(C(C)(C)C)cc1NC(=O)c1nnn(-c2cc(OC)ccc2OC)c1C. The van der Waals surface area contributed by atoms with Gasteiger partial charge in [-0.05, 0) is 48.1 Å². The standard InChI is InChI=1S/C27H36N4O4/c1-9-17(2)16-35-23-12-10-19(27(4,5)6)14-21(23)28-26(32)25-18(3)31(30-29-25)22-15-20(33-7)11-13-24(22)34-8/h10-15,17H,9,16H2,1-8H3,(H,28,32). The van der Waals surface area contributed by atoms with Crippen LogP contribution in [-0.4, -0.2) is 41.7 Å². The first-order valence-electron chi connectivity index (χ1n) is 11.8. The van der Waals surface area contributed by atoms with Crippen molar-refractivity contribution in [3.05, 3.63) is 53.3 Å². The highest BCUT2D eigenvalue weighted by molar-refractivity contribution is 6.04. The normalized spacial score (nSPS) is 12.2. The van der Waals surface area contributed by atoms with Crippen LogP contribution in [0.4, 0.5) is 5.69 Å². The van der Waals surface area contributed by atoms with Gasteiger partial charge < -0.3 is 19.5 Å². The van der Waals surface area contributed by atoms with E-state index in [1.807, 2.05) is 18.2 Å². The first-order valence-corrected chi connectivity index (χ1v) is 11.8. The molecule has 0 radical (unpaired) electrons. The molecule has 8 nitrogen and oxygen atoms in total. The second-order valence-electron chi connectivity index (χ2n) is 9.71. The summed E-state index contributed by atoms with van der Waals surface area (Å²) in [6.45, 7) is 13.0. The van der Waals surface area contributed by atoms with Gasteiger partial charge in [0.15, 0.2) is 5.69 Å². The number of nitrogens with zero attached hydrogens (tertiary/aromatic N) is 3. The van der Waals surface area contributed by atoms with Crippen molar-refractivity contribution in [2.24, 2.45) is 5.92 Å². The highest BCUT2D eigenvalue weighted by Crippen LogP contribution is 2.33. The molecular formula is C27H36N4O4. The summed E-state index contributed by atoms with van der Waals surface area (Å²) >= 11 is 0. The van der Waals surface area contributed by atoms with Gasteiger partial charge in [0.25, 0.3) is 5.91 Å². The topological polar surface area (TPSA) is 87.5 Å². The number of carbonyl (C=O) groups is 1. The van der Waals surface area contributed by atoms with Crippen LogP contribution in [-0.2, 0) is 5.41 Å². The predicted molar refractivity (Wildman–Crippen MR) is 137 cm³/mol. The third-order valence-electron chi connectivity index (χ3n) is 6.04. The van der Waals surface area contributed by atoms with Crippen molar-refractivity contribution < 1.29 is 19.0 Å². The second-order valence-corrected chi connectivity index (χ2v) is 9.71. The molecule has 1 aromatic heterocycles. The van der Waals surface area contributed by atoms with E-state index >= 15 is 0 Å². The van der Waals surface area contributed by atoms with Crippen LogP contribution in [0.25, 0.3) is 5.69 Å². The summed E-state index contributed by atoms with van der Waals surface area (Å²) in [7, 11) is 3.17. The lowest BCUT2D eigenvalue weighted by molar-refractivity contribution is 0.102. The van der Waals surface area contributed by atoms with Gasteiger partial charge in [-0.25, -0.2) is 4.68 Å². The van der Waals surface area contributed by atoms with E-state index in [1.54, 1.807) is 44.0 Å². The Balaban J connectivity index is 1.95. The number of carbonyl (C=O) groups excluding carboxylic acids is 1. The van der Waals surface area contributed by atoms with Gasteiger partial charge >= 0.3 is 0 Å². The van der Waals surface area contributed by atoms with Crippen molar-refractivity contribution in [2.45, 2.75) is 53.4 Å². The Labute approximate surface area is 207 Å². The van der Waals surface area contributed by atoms with Crippen LogP contribution in [0.5, 0.6) is 17.2 Å². The number of benzene rings is 2. The average Bonchev–Trinajstić information content (AvgIpc) is 3.22. The van der Waals surface area contributed by atoms with E-state index in [0.29, 0.717) is 46.8 Å². The highest BCUT2D eigenvalue weighted by atomic mass is 16.5. The van der Waals surface area contributed by atoms with E-state index in [-0.39, 0.29) is 17.0 Å². The number of hydrogen-bond acceptors (Lipinski definition) is 6. The van der Waals surface area contributed by atoms with Crippen LogP contribution in [0, 0.1) is 12.8 Å². The fourth-order valence-electron chi connectivity index (χ4n) is 3.48. The summed E-state index contributed by atoms with van der Waals surface area (Å²) in [5.74, 6) is 1.90. The molecule has 0 bridgehead atoms. The Bertz CT molecular complexity index is 1180. The molecule has 35 heavy (non-hydrogen) atoms. The zero-order valence-corrected chi connectivity index (χ0v) is 21.9. The number of rotatable bonds is 9. The van der Waals surface area contributed by atoms with E-state index in [1.165, 1.54) is 0 Å². The number of aromatic nitrogens is 3. The Morgan fingerprint density at radius 2 is 1.80 bits per heavy atom. The maximum absolute atomic E-state index is 13.3. The minimum Gasteiger partial charge on any atom is -0.497 e. The van der Waals surface area contributed by atoms with Crippen molar-refractivity contribution >= 4 is 11.6 Å². The maximum atomic E-state index is 13.3. The van der Waals surface area contributed by atoms with E-state index in [2.05, 4.69) is 50.2 Å². The summed E-state index contributed by atoms with van der Waals surface area (Å²) in [6.07, 6.45) is 1.01. The Morgan fingerprint density at radius 3 is 2.43 bits per heavy atom. The minimum atomic E-state index is -0.366. The monoisotopic (exact) mass is 480 g/mol. The first kappa shape index (κ1) is 26.1. The van der Waals surface area contributed by atoms with Crippen LogP contribution >= 0.6 is 0 Å². The zero-order chi connectivity index (χ0) is 25.8. The van der Waals surface area contributed by atoms with Crippen molar-refractivity contribution in [2.75, 3.05) is 26.1 Å². The molecule has 3 rings (SSSR count). The molecule has 1 unspecified atom stereocenters. The largest absolute Gasteiger partial charge is 0.497 e. The zero-order valence-electron chi connectivity index (χ0n) is 21.9. The fraction of sp³-hybridized carbons (Fsp3) is 0.444. The number of amides is 1. The molecule has 0 aliphatic rings. The Kier molecular flexibility index (Phi) is 8.04. The van der Waals surface area contributed by atoms with Gasteiger partial charge in [-0.3, -0.25) is 4.79 Å². The van der Waals surface area contributed by atoms with Crippen LogP contribution in [0.3, 0.4) is 0 Å². The van der Waals surface area contributed by atoms with Crippen LogP contribution in [0.2, 0.25) is 0 Å². The number of methoxy groups -OCH3 is 2. The van der Waals surface area contributed by atoms with Crippen molar-refractivity contribution in [3.8, 4) is 22.9 Å². The van der Waals surface area contributed by atoms with Gasteiger partial charge in [0.2, 0.25) is 0 Å². The van der Waals surface area contributed by atoms with Gasteiger partial charge in [-0.1, -0.05) is 52.3 Å². The van der Waals surface area contributed by atoms with Crippen molar-refractivity contribution in [3.63, 3.8) is 0 Å². The van der Waals surface area contributed by atoms with E-state index < -0.39 is 0 Å². The van der Waals surface area contributed by atoms with Gasteiger partial charge in [-0.15, -0.1) is 5.10 Å². The van der Waals surface area contributed by atoms with E-state index in [4.69, 9.17) is 14.2 Å². The fourth-order valence-corrected chi connectivity index (χ4v) is 3.48. The minimum absolute atomic E-state index is 0.0866. The molecule has 0 aliphatic carbocycles. The van der Waals surface area contributed by atoms with Gasteiger partial charge in [-0.2, -0.15) is 0 Å². The Morgan fingerprint density at radius 1 is 1.09 bits per heavy atom. The molecule has 0 aliphatic heterocycles. The molecule has 1 heterocycles. The number of anilines is 1. The molecule has 0 spiro atoms. The summed E-state index contributed by atoms with van der Waals surface area (Å²) < 4.78 is 18.5. The Hall–Kier alpha value is -3.55. The number of ether oxygens (including phenoxy) is 3. The molecular weight excluding hydrogens is 444 g/mol. The highest BCUT2D eigenvalue weighted by Gasteiger charge is 2.22. The number of nitrogens with one attached hydrogen (secondary N) is 1. The van der Waals surface area contributed by atoms with E-state index in [9.17, 15) is 4.79 Å². The molecule has 1 atom stereocenters. The summed E-state index contributed by atoms with van der Waals surface area (Å²) in [5, 5.41) is 11.4. The quantitative estimate of drug-likeness (QED) is 0.431. The molecule has 1 N–H and O–H groups in total. The molecule has 188 valence electrons. The number of hydrogen-bond donors (Lipinski definition) is 1. The summed E-state index contributed by atoms with van der Waals surface area (Å²) in [5.41, 5.74) is 3.02. The second kappa shape index (κ2) is 10.8. The predicted octanol–water partition coefficient (Wildman–Crippen LogP) is 5.57. The molecule has 0 saturated heterocycles. The van der Waals surface area contributed by atoms with Crippen LogP contribution < -0.4 is 19.5 Å². The first-order chi connectivity index (χ1) is 16.6. The average molecular weight is 481 g/mol. The third-order valence-corrected chi connectivity index (χ3v) is 6.04. The van der Waals surface area contributed by atoms with Crippen molar-refractivity contribution in [1.82, 2.24) is 15.0 Å². The summed E-state index contributed by atoms with van der Waals surface area (Å²) in [4.78, 5) is 13.3. The lowest BCUT2D eigenvalue weighted by Gasteiger charge is -2.22. The summed E-state index contributed by atoms with van der Waals surface area (Å²) in [6, 6.07) is 11.3. The van der Waals surface area contributed by atoms with Gasteiger partial charge in [0.1, 0.15) is 22.9 Å². The van der Waals surface area contributed by atoms with Gasteiger partial charge in [0.05, 0.1) is 32.2 Å². The molecule has 3 aromatic rings.